The van der Waals surface area contributed by atoms with E-state index in [1.807, 2.05) is 6.07 Å². The normalized spacial score (nSPS) is 27.5. The van der Waals surface area contributed by atoms with Crippen molar-refractivity contribution in [3.8, 4) is 5.75 Å². The average Bonchev–Trinajstić information content (AvgIpc) is 2.99. The summed E-state index contributed by atoms with van der Waals surface area (Å²) < 4.78 is 14.5. The Balaban J connectivity index is 1.65. The molecule has 2 amide bonds. The third-order valence-electron chi connectivity index (χ3n) is 4.74. The van der Waals surface area contributed by atoms with Crippen molar-refractivity contribution in [1.29, 1.82) is 0 Å². The monoisotopic (exact) mass is 422 g/mol. The predicted molar refractivity (Wildman–Crippen MR) is 103 cm³/mol. The van der Waals surface area contributed by atoms with Crippen molar-refractivity contribution in [3.63, 3.8) is 0 Å². The van der Waals surface area contributed by atoms with Gasteiger partial charge >= 0.3 is 11.9 Å². The van der Waals surface area contributed by atoms with Crippen molar-refractivity contribution in [1.82, 2.24) is 10.2 Å². The van der Waals surface area contributed by atoms with Gasteiger partial charge in [0, 0.05) is 6.92 Å². The molecule has 0 aromatic heterocycles. The van der Waals surface area contributed by atoms with Gasteiger partial charge in [0.1, 0.15) is 29.8 Å². The number of rotatable bonds is 7. The number of ether oxygens (including phenoxy) is 3. The predicted octanol–water partition coefficient (Wildman–Crippen LogP) is 0.329. The first-order valence-corrected chi connectivity index (χ1v) is 9.83. The van der Waals surface area contributed by atoms with Crippen LogP contribution < -0.4 is 10.1 Å². The van der Waals surface area contributed by atoms with Gasteiger partial charge in [0.15, 0.2) is 6.61 Å². The number of β-lactam (4-membered cyclic amide) rings is 1. The molecular formula is C19H22N2O7S. The summed E-state index contributed by atoms with van der Waals surface area (Å²) in [5.74, 6) is -1.38. The van der Waals surface area contributed by atoms with Crippen molar-refractivity contribution in [2.75, 3.05) is 20.3 Å². The van der Waals surface area contributed by atoms with Crippen LogP contribution in [0.5, 0.6) is 5.75 Å². The van der Waals surface area contributed by atoms with Crippen LogP contribution in [0.15, 0.2) is 30.3 Å². The highest BCUT2D eigenvalue weighted by Gasteiger charge is 2.66. The molecule has 4 atom stereocenters. The number of esters is 2. The summed E-state index contributed by atoms with van der Waals surface area (Å²) in [6, 6.07) is 7.13. The number of fused-ring (bicyclic) bond motifs is 1. The first kappa shape index (κ1) is 21.0. The van der Waals surface area contributed by atoms with Gasteiger partial charge in [0.05, 0.1) is 11.9 Å². The van der Waals surface area contributed by atoms with Gasteiger partial charge in [-0.25, -0.2) is 4.79 Å². The fourth-order valence-corrected chi connectivity index (χ4v) is 5.04. The Morgan fingerprint density at radius 2 is 1.93 bits per heavy atom. The number of carbonyl (C=O) groups is 4. The van der Waals surface area contributed by atoms with Gasteiger partial charge in [-0.05, 0) is 19.1 Å². The Morgan fingerprint density at radius 1 is 1.24 bits per heavy atom. The highest BCUT2D eigenvalue weighted by molar-refractivity contribution is 8.01. The molecule has 1 N–H and O–H groups in total. The fourth-order valence-electron chi connectivity index (χ4n) is 3.37. The highest BCUT2D eigenvalue weighted by Crippen LogP contribution is 2.51. The van der Waals surface area contributed by atoms with Crippen LogP contribution in [-0.2, 0) is 28.7 Å². The summed E-state index contributed by atoms with van der Waals surface area (Å²) >= 11 is 1.30. The van der Waals surface area contributed by atoms with Crippen LogP contribution in [0.25, 0.3) is 0 Å². The van der Waals surface area contributed by atoms with Crippen molar-refractivity contribution in [2.45, 2.75) is 36.1 Å². The Morgan fingerprint density at radius 3 is 2.55 bits per heavy atom. The van der Waals surface area contributed by atoms with Crippen molar-refractivity contribution in [3.05, 3.63) is 30.3 Å². The summed E-state index contributed by atoms with van der Waals surface area (Å²) in [7, 11) is 1.23. The molecule has 10 heteroatoms. The maximum atomic E-state index is 12.7. The van der Waals surface area contributed by atoms with Gasteiger partial charge in [-0.2, -0.15) is 0 Å². The number of thioether (sulfide) groups is 1. The van der Waals surface area contributed by atoms with Crippen LogP contribution in [-0.4, -0.2) is 71.2 Å². The Bertz CT molecular complexity index is 818. The number of nitrogens with zero attached hydrogens (tertiary/aromatic N) is 1. The van der Waals surface area contributed by atoms with Crippen LogP contribution in [0.4, 0.5) is 0 Å². The summed E-state index contributed by atoms with van der Waals surface area (Å²) in [6.45, 7) is 2.69. The third-order valence-corrected chi connectivity index (χ3v) is 6.36. The summed E-state index contributed by atoms with van der Waals surface area (Å²) in [5.41, 5.74) is 0. The summed E-state index contributed by atoms with van der Waals surface area (Å²) in [6.07, 6.45) is 0. The van der Waals surface area contributed by atoms with E-state index >= 15 is 0 Å². The Kier molecular flexibility index (Phi) is 6.02. The van der Waals surface area contributed by atoms with Crippen molar-refractivity contribution >= 4 is 35.5 Å². The number of carbonyl (C=O) groups excluding carboxylic acids is 4. The zero-order valence-corrected chi connectivity index (χ0v) is 17.1. The number of hydrogen-bond acceptors (Lipinski definition) is 8. The first-order chi connectivity index (χ1) is 13.8. The minimum atomic E-state index is -0.914. The molecule has 1 aromatic rings. The lowest BCUT2D eigenvalue weighted by Crippen LogP contribution is -2.71. The molecule has 3 unspecified atom stereocenters. The van der Waals surface area contributed by atoms with Gasteiger partial charge in [0.25, 0.3) is 5.91 Å². The van der Waals surface area contributed by atoms with Crippen LogP contribution in [0.1, 0.15) is 13.8 Å². The molecule has 3 rings (SSSR count). The molecular weight excluding hydrogens is 400 g/mol. The molecule has 2 aliphatic rings. The van der Waals surface area contributed by atoms with E-state index in [2.05, 4.69) is 5.32 Å². The molecule has 2 heterocycles. The fraction of sp³-hybridized carbons (Fsp3) is 0.474. The number of benzene rings is 1. The molecule has 156 valence electrons. The van der Waals surface area contributed by atoms with Crippen LogP contribution in [0, 0.1) is 0 Å². The van der Waals surface area contributed by atoms with Gasteiger partial charge in [-0.15, -0.1) is 11.8 Å². The number of amides is 2. The topological polar surface area (TPSA) is 111 Å². The van der Waals surface area contributed by atoms with Gasteiger partial charge < -0.3 is 24.4 Å². The summed E-state index contributed by atoms with van der Waals surface area (Å²) in [4.78, 5) is 49.8. The standard InChI is InChI=1S/C19H22N2O7S/c1-11(22)28-10-19(2)15(18(25)26-3)21-16(24)14(17(21)29-19)20-13(23)9-27-12-7-5-4-6-8-12/h4-8,14-15,17H,9-10H2,1-3H3,(H,20,23)/t14?,15?,17-,19?/m1/s1. The lowest BCUT2D eigenvalue weighted by atomic mass is 9.95. The van der Waals surface area contributed by atoms with Gasteiger partial charge in [0.2, 0.25) is 5.91 Å². The quantitative estimate of drug-likeness (QED) is 0.494. The minimum Gasteiger partial charge on any atom is -0.484 e. The van der Waals surface area contributed by atoms with E-state index in [4.69, 9.17) is 14.2 Å². The zero-order chi connectivity index (χ0) is 21.2. The maximum absolute atomic E-state index is 12.7. The van der Waals surface area contributed by atoms with Gasteiger partial charge in [-0.1, -0.05) is 18.2 Å². The second-order valence-corrected chi connectivity index (χ2v) is 8.57. The maximum Gasteiger partial charge on any atom is 0.330 e. The molecule has 9 nitrogen and oxygen atoms in total. The van der Waals surface area contributed by atoms with Crippen molar-refractivity contribution < 1.29 is 33.4 Å². The molecule has 0 spiro atoms. The number of nitrogens with one attached hydrogen (secondary N) is 1. The second-order valence-electron chi connectivity index (χ2n) is 6.92. The van der Waals surface area contributed by atoms with Crippen molar-refractivity contribution in [2.24, 2.45) is 0 Å². The lowest BCUT2D eigenvalue weighted by Gasteiger charge is -2.43. The molecule has 0 saturated carbocycles. The Labute approximate surface area is 172 Å². The van der Waals surface area contributed by atoms with E-state index in [9.17, 15) is 19.2 Å². The first-order valence-electron chi connectivity index (χ1n) is 8.95. The molecule has 2 aliphatic heterocycles. The number of methoxy groups -OCH3 is 1. The van der Waals surface area contributed by atoms with Crippen LogP contribution >= 0.6 is 11.8 Å². The lowest BCUT2D eigenvalue weighted by molar-refractivity contribution is -0.164. The van der Waals surface area contributed by atoms with E-state index in [0.29, 0.717) is 5.75 Å². The Hall–Kier alpha value is -2.75. The SMILES string of the molecule is COC(=O)C1N2C(=O)C(NC(=O)COc3ccccc3)[C@H]2SC1(C)COC(C)=O. The largest absolute Gasteiger partial charge is 0.484 e. The van der Waals surface area contributed by atoms with E-state index in [0.717, 1.165) is 0 Å². The molecule has 2 fully saturated rings. The van der Waals surface area contributed by atoms with E-state index < -0.39 is 46.0 Å². The molecule has 29 heavy (non-hydrogen) atoms. The smallest absolute Gasteiger partial charge is 0.330 e. The minimum absolute atomic E-state index is 0.0647. The van der Waals surface area contributed by atoms with E-state index in [-0.39, 0.29) is 13.2 Å². The second kappa shape index (κ2) is 8.32. The van der Waals surface area contributed by atoms with Gasteiger partial charge in [-0.3, -0.25) is 14.4 Å². The third kappa shape index (κ3) is 4.16. The van der Waals surface area contributed by atoms with E-state index in [1.165, 1.54) is 30.7 Å². The molecule has 0 aliphatic carbocycles. The number of hydrogen-bond donors (Lipinski definition) is 1. The molecule has 0 bridgehead atoms. The van der Waals surface area contributed by atoms with Crippen LogP contribution in [0.2, 0.25) is 0 Å². The molecule has 1 aromatic carbocycles. The summed E-state index contributed by atoms with van der Waals surface area (Å²) in [5, 5.41) is 2.19. The number of para-hydroxylation sites is 1. The average molecular weight is 422 g/mol. The van der Waals surface area contributed by atoms with Crippen LogP contribution in [0.3, 0.4) is 0 Å². The molecule has 2 saturated heterocycles. The molecule has 0 radical (unpaired) electrons. The van der Waals surface area contributed by atoms with E-state index in [1.54, 1.807) is 31.2 Å². The highest BCUT2D eigenvalue weighted by atomic mass is 32.2. The zero-order valence-electron chi connectivity index (χ0n) is 16.2.